The molecule has 0 amide bonds. The highest BCUT2D eigenvalue weighted by molar-refractivity contribution is 4.78. The van der Waals surface area contributed by atoms with Gasteiger partial charge in [-0.05, 0) is 24.3 Å². The van der Waals surface area contributed by atoms with Gasteiger partial charge in [0.2, 0.25) is 0 Å². The highest BCUT2D eigenvalue weighted by Crippen LogP contribution is 2.22. The summed E-state index contributed by atoms with van der Waals surface area (Å²) in [6.45, 7) is 14.9. The molecule has 0 aliphatic heterocycles. The van der Waals surface area contributed by atoms with Crippen LogP contribution < -0.4 is 5.32 Å². The summed E-state index contributed by atoms with van der Waals surface area (Å²) in [7, 11) is 0. The first kappa shape index (κ1) is 13.0. The van der Waals surface area contributed by atoms with E-state index in [-0.39, 0.29) is 0 Å². The van der Waals surface area contributed by atoms with Gasteiger partial charge < -0.3 is 5.32 Å². The first-order valence-corrected chi connectivity index (χ1v) is 5.77. The van der Waals surface area contributed by atoms with Crippen LogP contribution in [0.3, 0.4) is 0 Å². The average Bonchev–Trinajstić information content (AvgIpc) is 2.11. The van der Waals surface area contributed by atoms with Gasteiger partial charge in [0.1, 0.15) is 0 Å². The lowest BCUT2D eigenvalue weighted by atomic mass is 9.82. The third-order valence-electron chi connectivity index (χ3n) is 3.27. The third kappa shape index (κ3) is 4.12. The molecule has 1 N–H and O–H groups in total. The molecule has 1 nitrogen and oxygen atoms in total. The van der Waals surface area contributed by atoms with Crippen molar-refractivity contribution in [3.8, 4) is 0 Å². The molecule has 0 rings (SSSR count). The van der Waals surface area contributed by atoms with Gasteiger partial charge in [-0.3, -0.25) is 0 Å². The Hall–Kier alpha value is -0.0400. The van der Waals surface area contributed by atoms with E-state index in [0.717, 1.165) is 24.3 Å². The Morgan fingerprint density at radius 3 is 1.85 bits per heavy atom. The second-order valence-electron chi connectivity index (χ2n) is 4.57. The zero-order valence-corrected chi connectivity index (χ0v) is 10.2. The minimum absolute atomic E-state index is 0.681. The van der Waals surface area contributed by atoms with Crippen molar-refractivity contribution in [1.29, 1.82) is 0 Å². The van der Waals surface area contributed by atoms with E-state index in [0.29, 0.717) is 6.04 Å². The Kier molecular flexibility index (Phi) is 6.40. The fraction of sp³-hybridized carbons (Fsp3) is 1.00. The molecule has 0 fully saturated rings. The SMILES string of the molecule is CCNC(C(C)C)C(C)C(C)CC. The summed E-state index contributed by atoms with van der Waals surface area (Å²) in [6, 6.07) is 0.681. The first-order valence-electron chi connectivity index (χ1n) is 5.77. The molecule has 0 saturated carbocycles. The van der Waals surface area contributed by atoms with E-state index in [1.54, 1.807) is 0 Å². The summed E-state index contributed by atoms with van der Waals surface area (Å²) in [4.78, 5) is 0. The van der Waals surface area contributed by atoms with Crippen LogP contribution in [0, 0.1) is 17.8 Å². The van der Waals surface area contributed by atoms with Crippen molar-refractivity contribution >= 4 is 0 Å². The fourth-order valence-corrected chi connectivity index (χ4v) is 1.99. The molecule has 13 heavy (non-hydrogen) atoms. The highest BCUT2D eigenvalue weighted by Gasteiger charge is 2.23. The lowest BCUT2D eigenvalue weighted by Gasteiger charge is -2.32. The molecular formula is C12H27N. The molecule has 0 radical (unpaired) electrons. The number of hydrogen-bond donors (Lipinski definition) is 1. The molecule has 1 heteroatoms. The molecule has 0 aliphatic carbocycles. The standard InChI is InChI=1S/C12H27N/c1-7-10(5)11(6)12(9(3)4)13-8-2/h9-13H,7-8H2,1-6H3. The van der Waals surface area contributed by atoms with Crippen molar-refractivity contribution in [2.24, 2.45) is 17.8 Å². The zero-order chi connectivity index (χ0) is 10.4. The van der Waals surface area contributed by atoms with Gasteiger partial charge in [0, 0.05) is 6.04 Å². The van der Waals surface area contributed by atoms with Crippen LogP contribution in [0.5, 0.6) is 0 Å². The van der Waals surface area contributed by atoms with E-state index >= 15 is 0 Å². The lowest BCUT2D eigenvalue weighted by Crippen LogP contribution is -2.41. The summed E-state index contributed by atoms with van der Waals surface area (Å²) in [5, 5.41) is 3.60. The van der Waals surface area contributed by atoms with Crippen LogP contribution in [-0.4, -0.2) is 12.6 Å². The summed E-state index contributed by atoms with van der Waals surface area (Å²) in [5.74, 6) is 2.35. The Morgan fingerprint density at radius 2 is 1.54 bits per heavy atom. The fourth-order valence-electron chi connectivity index (χ4n) is 1.99. The lowest BCUT2D eigenvalue weighted by molar-refractivity contribution is 0.231. The van der Waals surface area contributed by atoms with Crippen LogP contribution in [0.15, 0.2) is 0 Å². The molecule has 0 heterocycles. The summed E-state index contributed by atoms with van der Waals surface area (Å²) in [5.41, 5.74) is 0. The normalized spacial score (nSPS) is 18.7. The van der Waals surface area contributed by atoms with Gasteiger partial charge in [0.05, 0.1) is 0 Å². The largest absolute Gasteiger partial charge is 0.314 e. The van der Waals surface area contributed by atoms with Crippen molar-refractivity contribution < 1.29 is 0 Å². The molecule has 80 valence electrons. The molecule has 3 unspecified atom stereocenters. The van der Waals surface area contributed by atoms with Crippen LogP contribution in [0.1, 0.15) is 48.0 Å². The van der Waals surface area contributed by atoms with E-state index in [9.17, 15) is 0 Å². The van der Waals surface area contributed by atoms with E-state index < -0.39 is 0 Å². The molecule has 0 aromatic rings. The van der Waals surface area contributed by atoms with E-state index in [2.05, 4.69) is 46.9 Å². The summed E-state index contributed by atoms with van der Waals surface area (Å²) in [6.07, 6.45) is 1.29. The smallest absolute Gasteiger partial charge is 0.0118 e. The monoisotopic (exact) mass is 185 g/mol. The number of hydrogen-bond acceptors (Lipinski definition) is 1. The van der Waals surface area contributed by atoms with Gasteiger partial charge in [-0.15, -0.1) is 0 Å². The van der Waals surface area contributed by atoms with Crippen molar-refractivity contribution in [3.05, 3.63) is 0 Å². The van der Waals surface area contributed by atoms with Crippen molar-refractivity contribution in [2.75, 3.05) is 6.54 Å². The van der Waals surface area contributed by atoms with Gasteiger partial charge in [-0.2, -0.15) is 0 Å². The van der Waals surface area contributed by atoms with Gasteiger partial charge >= 0.3 is 0 Å². The Balaban J connectivity index is 4.18. The van der Waals surface area contributed by atoms with Crippen molar-refractivity contribution in [3.63, 3.8) is 0 Å². The van der Waals surface area contributed by atoms with Gasteiger partial charge in [-0.25, -0.2) is 0 Å². The highest BCUT2D eigenvalue weighted by atomic mass is 14.9. The quantitative estimate of drug-likeness (QED) is 0.669. The van der Waals surface area contributed by atoms with Crippen LogP contribution >= 0.6 is 0 Å². The molecule has 0 spiro atoms. The summed E-state index contributed by atoms with van der Waals surface area (Å²) < 4.78 is 0. The van der Waals surface area contributed by atoms with Gasteiger partial charge in [0.15, 0.2) is 0 Å². The molecule has 3 atom stereocenters. The minimum Gasteiger partial charge on any atom is -0.314 e. The minimum atomic E-state index is 0.681. The second kappa shape index (κ2) is 6.42. The predicted octanol–water partition coefficient (Wildman–Crippen LogP) is 3.30. The molecule has 0 saturated heterocycles. The first-order chi connectivity index (χ1) is 6.04. The zero-order valence-electron chi connectivity index (χ0n) is 10.2. The predicted molar refractivity (Wildman–Crippen MR) is 60.9 cm³/mol. The molecular weight excluding hydrogens is 158 g/mol. The van der Waals surface area contributed by atoms with E-state index in [1.807, 2.05) is 0 Å². The van der Waals surface area contributed by atoms with Crippen LogP contribution in [0.2, 0.25) is 0 Å². The Morgan fingerprint density at radius 1 is 1.00 bits per heavy atom. The van der Waals surface area contributed by atoms with E-state index in [1.165, 1.54) is 6.42 Å². The summed E-state index contributed by atoms with van der Waals surface area (Å²) >= 11 is 0. The maximum Gasteiger partial charge on any atom is 0.0118 e. The van der Waals surface area contributed by atoms with E-state index in [4.69, 9.17) is 0 Å². The van der Waals surface area contributed by atoms with Crippen LogP contribution in [-0.2, 0) is 0 Å². The maximum absolute atomic E-state index is 3.60. The van der Waals surface area contributed by atoms with Crippen molar-refractivity contribution in [2.45, 2.75) is 54.0 Å². The van der Waals surface area contributed by atoms with Crippen molar-refractivity contribution in [1.82, 2.24) is 5.32 Å². The van der Waals surface area contributed by atoms with Crippen LogP contribution in [0.25, 0.3) is 0 Å². The van der Waals surface area contributed by atoms with Gasteiger partial charge in [-0.1, -0.05) is 48.0 Å². The maximum atomic E-state index is 3.60. The topological polar surface area (TPSA) is 12.0 Å². The molecule has 0 aromatic heterocycles. The third-order valence-corrected chi connectivity index (χ3v) is 3.27. The molecule has 0 aliphatic rings. The Bertz CT molecular complexity index is 120. The number of rotatable bonds is 6. The Labute approximate surface area is 84.3 Å². The van der Waals surface area contributed by atoms with Gasteiger partial charge in [0.25, 0.3) is 0 Å². The number of nitrogens with one attached hydrogen (secondary N) is 1. The molecule has 0 bridgehead atoms. The second-order valence-corrected chi connectivity index (χ2v) is 4.57. The average molecular weight is 185 g/mol. The van der Waals surface area contributed by atoms with Crippen LogP contribution in [0.4, 0.5) is 0 Å². The molecule has 0 aromatic carbocycles.